The van der Waals surface area contributed by atoms with Crippen molar-refractivity contribution in [3.63, 3.8) is 0 Å². The van der Waals surface area contributed by atoms with Crippen molar-refractivity contribution >= 4 is 11.7 Å². The molecule has 0 bridgehead atoms. The van der Waals surface area contributed by atoms with E-state index < -0.39 is 0 Å². The fraction of sp³-hybridized carbons (Fsp3) is 0.833. The summed E-state index contributed by atoms with van der Waals surface area (Å²) in [5, 5.41) is 2.96. The summed E-state index contributed by atoms with van der Waals surface area (Å²) in [7, 11) is 0. The van der Waals surface area contributed by atoms with E-state index in [1.54, 1.807) is 13.8 Å². The fourth-order valence-electron chi connectivity index (χ4n) is 2.14. The van der Waals surface area contributed by atoms with Gasteiger partial charge in [0.05, 0.1) is 0 Å². The molecule has 0 saturated carbocycles. The van der Waals surface area contributed by atoms with Crippen LogP contribution in [0.3, 0.4) is 0 Å². The molecule has 1 aliphatic heterocycles. The molecule has 0 aromatic rings. The number of hydrogen-bond donors (Lipinski definition) is 1. The standard InChI is InChI=1S/C12H22N2O2/c1-10(15)4-3-7-14-8-5-12(6-9-14)13-11(2)16/h12H,3-9H2,1-2H3,(H,13,16). The minimum atomic E-state index is 0.0648. The van der Waals surface area contributed by atoms with Crippen molar-refractivity contribution in [2.45, 2.75) is 45.6 Å². The molecule has 0 spiro atoms. The van der Waals surface area contributed by atoms with Gasteiger partial charge in [-0.2, -0.15) is 0 Å². The molecule has 0 aliphatic carbocycles. The molecule has 1 N–H and O–H groups in total. The van der Waals surface area contributed by atoms with Crippen LogP contribution in [0, 0.1) is 0 Å². The highest BCUT2D eigenvalue weighted by Crippen LogP contribution is 2.11. The second-order valence-corrected chi connectivity index (χ2v) is 4.62. The van der Waals surface area contributed by atoms with Crippen LogP contribution in [0.25, 0.3) is 0 Å². The van der Waals surface area contributed by atoms with Crippen molar-refractivity contribution in [1.82, 2.24) is 10.2 Å². The zero-order valence-corrected chi connectivity index (χ0v) is 10.3. The topological polar surface area (TPSA) is 49.4 Å². The third kappa shape index (κ3) is 5.26. The molecule has 0 aromatic carbocycles. The van der Waals surface area contributed by atoms with Crippen LogP contribution in [0.4, 0.5) is 0 Å². The third-order valence-corrected chi connectivity index (χ3v) is 3.00. The quantitative estimate of drug-likeness (QED) is 0.759. The molecule has 1 saturated heterocycles. The lowest BCUT2D eigenvalue weighted by Crippen LogP contribution is -2.44. The number of carbonyl (C=O) groups excluding carboxylic acids is 2. The molecule has 92 valence electrons. The lowest BCUT2D eigenvalue weighted by Gasteiger charge is -2.32. The normalized spacial score (nSPS) is 18.4. The number of rotatable bonds is 5. The number of hydrogen-bond acceptors (Lipinski definition) is 3. The van der Waals surface area contributed by atoms with Gasteiger partial charge in [0.15, 0.2) is 0 Å². The molecule has 16 heavy (non-hydrogen) atoms. The summed E-state index contributed by atoms with van der Waals surface area (Å²) >= 11 is 0. The average Bonchev–Trinajstić information content (AvgIpc) is 2.19. The summed E-state index contributed by atoms with van der Waals surface area (Å²) in [5.41, 5.74) is 0. The molecule has 1 fully saturated rings. The first-order chi connectivity index (χ1) is 7.58. The van der Waals surface area contributed by atoms with Gasteiger partial charge in [0.1, 0.15) is 5.78 Å². The van der Waals surface area contributed by atoms with Crippen LogP contribution < -0.4 is 5.32 Å². The van der Waals surface area contributed by atoms with E-state index in [1.807, 2.05) is 0 Å². The smallest absolute Gasteiger partial charge is 0.217 e. The molecule has 1 heterocycles. The fourth-order valence-corrected chi connectivity index (χ4v) is 2.14. The second-order valence-electron chi connectivity index (χ2n) is 4.62. The summed E-state index contributed by atoms with van der Waals surface area (Å²) in [6.07, 6.45) is 3.70. The monoisotopic (exact) mass is 226 g/mol. The predicted molar refractivity (Wildman–Crippen MR) is 63.2 cm³/mol. The zero-order valence-electron chi connectivity index (χ0n) is 10.3. The van der Waals surface area contributed by atoms with Gasteiger partial charge >= 0.3 is 0 Å². The van der Waals surface area contributed by atoms with Crippen LogP contribution in [0.2, 0.25) is 0 Å². The largest absolute Gasteiger partial charge is 0.354 e. The first-order valence-electron chi connectivity index (χ1n) is 6.07. The highest BCUT2D eigenvalue weighted by Gasteiger charge is 2.18. The number of nitrogens with zero attached hydrogens (tertiary/aromatic N) is 1. The molecule has 4 heteroatoms. The zero-order chi connectivity index (χ0) is 12.0. The Balaban J connectivity index is 2.12. The van der Waals surface area contributed by atoms with Crippen LogP contribution >= 0.6 is 0 Å². The van der Waals surface area contributed by atoms with Crippen LogP contribution in [0.5, 0.6) is 0 Å². The Hall–Kier alpha value is -0.900. The SMILES string of the molecule is CC(=O)CCCN1CCC(NC(C)=O)CC1. The summed E-state index contributed by atoms with van der Waals surface area (Å²) in [6, 6.07) is 0.349. The molecule has 4 nitrogen and oxygen atoms in total. The number of likely N-dealkylation sites (tertiary alicyclic amines) is 1. The van der Waals surface area contributed by atoms with Gasteiger partial charge in [-0.15, -0.1) is 0 Å². The van der Waals surface area contributed by atoms with E-state index in [1.165, 1.54) is 0 Å². The highest BCUT2D eigenvalue weighted by molar-refractivity contribution is 5.75. The number of nitrogens with one attached hydrogen (secondary N) is 1. The Morgan fingerprint density at radius 1 is 1.25 bits per heavy atom. The van der Waals surface area contributed by atoms with E-state index in [4.69, 9.17) is 0 Å². The van der Waals surface area contributed by atoms with E-state index in [9.17, 15) is 9.59 Å². The number of ketones is 1. The van der Waals surface area contributed by atoms with E-state index in [-0.39, 0.29) is 11.7 Å². The molecular weight excluding hydrogens is 204 g/mol. The Bertz CT molecular complexity index is 245. The molecule has 1 rings (SSSR count). The first kappa shape index (κ1) is 13.2. The molecule has 0 radical (unpaired) electrons. The molecule has 0 unspecified atom stereocenters. The van der Waals surface area contributed by atoms with Gasteiger partial charge < -0.3 is 15.0 Å². The maximum Gasteiger partial charge on any atom is 0.217 e. The maximum absolute atomic E-state index is 10.9. The van der Waals surface area contributed by atoms with Gasteiger partial charge in [-0.1, -0.05) is 0 Å². The minimum Gasteiger partial charge on any atom is -0.354 e. The lowest BCUT2D eigenvalue weighted by molar-refractivity contribution is -0.120. The summed E-state index contributed by atoms with van der Waals surface area (Å²) < 4.78 is 0. The van der Waals surface area contributed by atoms with Gasteiger partial charge in [-0.25, -0.2) is 0 Å². The third-order valence-electron chi connectivity index (χ3n) is 3.00. The van der Waals surface area contributed by atoms with E-state index in [0.29, 0.717) is 12.5 Å². The van der Waals surface area contributed by atoms with Crippen molar-refractivity contribution in [2.24, 2.45) is 0 Å². The van der Waals surface area contributed by atoms with Crippen molar-refractivity contribution in [3.05, 3.63) is 0 Å². The summed E-state index contributed by atoms with van der Waals surface area (Å²) in [5.74, 6) is 0.336. The van der Waals surface area contributed by atoms with Crippen LogP contribution in [-0.2, 0) is 9.59 Å². The predicted octanol–water partition coefficient (Wildman–Crippen LogP) is 0.956. The van der Waals surface area contributed by atoms with Crippen molar-refractivity contribution in [3.8, 4) is 0 Å². The maximum atomic E-state index is 10.9. The van der Waals surface area contributed by atoms with E-state index in [0.717, 1.165) is 38.9 Å². The first-order valence-corrected chi connectivity index (χ1v) is 6.07. The van der Waals surface area contributed by atoms with Gasteiger partial charge in [-0.3, -0.25) is 4.79 Å². The number of amides is 1. The van der Waals surface area contributed by atoms with Crippen molar-refractivity contribution in [2.75, 3.05) is 19.6 Å². The van der Waals surface area contributed by atoms with Gasteiger partial charge in [0.25, 0.3) is 0 Å². The molecule has 0 aromatic heterocycles. The second kappa shape index (κ2) is 6.63. The van der Waals surface area contributed by atoms with Gasteiger partial charge in [0, 0.05) is 32.5 Å². The minimum absolute atomic E-state index is 0.0648. The molecule has 0 atom stereocenters. The summed E-state index contributed by atoms with van der Waals surface area (Å²) in [4.78, 5) is 24.0. The summed E-state index contributed by atoms with van der Waals surface area (Å²) in [6.45, 7) is 6.28. The average molecular weight is 226 g/mol. The molecule has 1 aliphatic rings. The number of piperidine rings is 1. The van der Waals surface area contributed by atoms with Crippen LogP contribution in [0.15, 0.2) is 0 Å². The van der Waals surface area contributed by atoms with Crippen LogP contribution in [-0.4, -0.2) is 42.3 Å². The van der Waals surface area contributed by atoms with Crippen molar-refractivity contribution < 1.29 is 9.59 Å². The van der Waals surface area contributed by atoms with Crippen LogP contribution in [0.1, 0.15) is 39.5 Å². The number of carbonyl (C=O) groups is 2. The number of Topliss-reactive ketones (excluding diaryl/α,β-unsaturated/α-hetero) is 1. The Morgan fingerprint density at radius 2 is 1.88 bits per heavy atom. The van der Waals surface area contributed by atoms with Gasteiger partial charge in [0.2, 0.25) is 5.91 Å². The van der Waals surface area contributed by atoms with E-state index in [2.05, 4.69) is 10.2 Å². The van der Waals surface area contributed by atoms with Crippen molar-refractivity contribution in [1.29, 1.82) is 0 Å². The highest BCUT2D eigenvalue weighted by atomic mass is 16.1. The molecular formula is C12H22N2O2. The Kier molecular flexibility index (Phi) is 5.46. The Morgan fingerprint density at radius 3 is 2.38 bits per heavy atom. The van der Waals surface area contributed by atoms with Gasteiger partial charge in [-0.05, 0) is 32.7 Å². The Labute approximate surface area is 97.4 Å². The van der Waals surface area contributed by atoms with E-state index >= 15 is 0 Å². The molecule has 1 amide bonds. The lowest BCUT2D eigenvalue weighted by atomic mass is 10.0.